The maximum Gasteiger partial charge on any atom is 0.0934 e. The van der Waals surface area contributed by atoms with Gasteiger partial charge >= 0.3 is 0 Å². The van der Waals surface area contributed by atoms with Gasteiger partial charge in [0.1, 0.15) is 0 Å². The van der Waals surface area contributed by atoms with Crippen molar-refractivity contribution in [1.29, 1.82) is 0 Å². The molecule has 0 saturated carbocycles. The summed E-state index contributed by atoms with van der Waals surface area (Å²) in [6.07, 6.45) is 3.17. The zero-order valence-electron chi connectivity index (χ0n) is 12.5. The van der Waals surface area contributed by atoms with E-state index in [1.807, 2.05) is 4.90 Å². The van der Waals surface area contributed by atoms with Crippen LogP contribution in [0.25, 0.3) is 0 Å². The van der Waals surface area contributed by atoms with E-state index in [2.05, 4.69) is 13.8 Å². The van der Waals surface area contributed by atoms with Crippen LogP contribution in [0.4, 0.5) is 0 Å². The van der Waals surface area contributed by atoms with Crippen LogP contribution in [-0.2, 0) is 9.47 Å². The summed E-state index contributed by atoms with van der Waals surface area (Å²) in [4.78, 5) is 2.01. The molecule has 0 spiro atoms. The van der Waals surface area contributed by atoms with Crippen molar-refractivity contribution in [3.8, 4) is 0 Å². The van der Waals surface area contributed by atoms with E-state index in [0.29, 0.717) is 26.2 Å². The Morgan fingerprint density at radius 3 is 2.21 bits per heavy atom. The molecule has 0 aromatic rings. The van der Waals surface area contributed by atoms with Crippen LogP contribution in [-0.4, -0.2) is 73.9 Å². The van der Waals surface area contributed by atoms with Crippen LogP contribution in [0.1, 0.15) is 33.1 Å². The second-order valence-corrected chi connectivity index (χ2v) is 4.67. The predicted molar refractivity (Wildman–Crippen MR) is 76.4 cm³/mol. The molecule has 2 N–H and O–H groups in total. The Kier molecular flexibility index (Phi) is 14.1. The first-order valence-electron chi connectivity index (χ1n) is 7.41. The minimum atomic E-state index is 0.0104. The summed E-state index contributed by atoms with van der Waals surface area (Å²) >= 11 is 0. The highest BCUT2D eigenvalue weighted by molar-refractivity contribution is 4.66. The summed E-state index contributed by atoms with van der Waals surface area (Å²) in [5, 5.41) is 18.0. The zero-order chi connectivity index (χ0) is 14.3. The molecule has 0 rings (SSSR count). The smallest absolute Gasteiger partial charge is 0.0934 e. The first-order chi connectivity index (χ1) is 9.28. The van der Waals surface area contributed by atoms with E-state index in [1.54, 1.807) is 0 Å². The van der Waals surface area contributed by atoms with E-state index >= 15 is 0 Å². The maximum atomic E-state index is 9.01. The lowest BCUT2D eigenvalue weighted by atomic mass is 10.3. The molecular formula is C14H31NO4. The SMILES string of the molecule is CCCCOC(COCCC)CN(CCO)CCO. The average molecular weight is 277 g/mol. The molecule has 0 heterocycles. The van der Waals surface area contributed by atoms with E-state index in [0.717, 1.165) is 32.5 Å². The Morgan fingerprint density at radius 1 is 1.00 bits per heavy atom. The molecule has 1 atom stereocenters. The van der Waals surface area contributed by atoms with Crippen LogP contribution in [0.15, 0.2) is 0 Å². The van der Waals surface area contributed by atoms with Gasteiger partial charge in [-0.15, -0.1) is 0 Å². The number of unbranched alkanes of at least 4 members (excludes halogenated alkanes) is 1. The monoisotopic (exact) mass is 277 g/mol. The highest BCUT2D eigenvalue weighted by Crippen LogP contribution is 2.02. The number of aliphatic hydroxyl groups excluding tert-OH is 2. The lowest BCUT2D eigenvalue weighted by Gasteiger charge is -2.26. The van der Waals surface area contributed by atoms with E-state index < -0.39 is 0 Å². The largest absolute Gasteiger partial charge is 0.395 e. The highest BCUT2D eigenvalue weighted by atomic mass is 16.5. The molecule has 5 heteroatoms. The maximum absolute atomic E-state index is 9.01. The summed E-state index contributed by atoms with van der Waals surface area (Å²) in [6.45, 7) is 8.27. The summed E-state index contributed by atoms with van der Waals surface area (Å²) < 4.78 is 11.4. The van der Waals surface area contributed by atoms with Gasteiger partial charge in [0.25, 0.3) is 0 Å². The Labute approximate surface area is 117 Å². The predicted octanol–water partition coefficient (Wildman–Crippen LogP) is 0.885. The van der Waals surface area contributed by atoms with Gasteiger partial charge in [-0.3, -0.25) is 4.90 Å². The highest BCUT2D eigenvalue weighted by Gasteiger charge is 2.14. The molecule has 1 unspecified atom stereocenters. The Balaban J connectivity index is 4.09. The van der Waals surface area contributed by atoms with Crippen LogP contribution in [0.2, 0.25) is 0 Å². The van der Waals surface area contributed by atoms with Gasteiger partial charge in [0.05, 0.1) is 25.9 Å². The first-order valence-corrected chi connectivity index (χ1v) is 7.41. The number of ether oxygens (including phenoxy) is 2. The van der Waals surface area contributed by atoms with Crippen LogP contribution < -0.4 is 0 Å². The number of rotatable bonds is 14. The number of nitrogens with zero attached hydrogens (tertiary/aromatic N) is 1. The van der Waals surface area contributed by atoms with Crippen molar-refractivity contribution in [1.82, 2.24) is 4.90 Å². The van der Waals surface area contributed by atoms with Crippen molar-refractivity contribution < 1.29 is 19.7 Å². The fraction of sp³-hybridized carbons (Fsp3) is 1.00. The molecule has 0 aliphatic heterocycles. The summed E-state index contributed by atoms with van der Waals surface area (Å²) in [5.41, 5.74) is 0. The third-order valence-corrected chi connectivity index (χ3v) is 2.80. The standard InChI is InChI=1S/C14H31NO4/c1-3-5-11-19-14(13-18-10-4-2)12-15(6-8-16)7-9-17/h14,16-17H,3-13H2,1-2H3. The van der Waals surface area contributed by atoms with Crippen LogP contribution in [0.5, 0.6) is 0 Å². The Morgan fingerprint density at radius 2 is 1.68 bits per heavy atom. The quantitative estimate of drug-likeness (QED) is 0.462. The van der Waals surface area contributed by atoms with Crippen LogP contribution >= 0.6 is 0 Å². The first kappa shape index (κ1) is 18.8. The second-order valence-electron chi connectivity index (χ2n) is 4.67. The fourth-order valence-corrected chi connectivity index (χ4v) is 1.77. The van der Waals surface area contributed by atoms with Crippen LogP contribution in [0.3, 0.4) is 0 Å². The van der Waals surface area contributed by atoms with Gasteiger partial charge in [0.2, 0.25) is 0 Å². The zero-order valence-corrected chi connectivity index (χ0v) is 12.5. The van der Waals surface area contributed by atoms with Gasteiger partial charge < -0.3 is 19.7 Å². The molecule has 0 aliphatic carbocycles. The molecule has 5 nitrogen and oxygen atoms in total. The Hall–Kier alpha value is -0.200. The molecule has 0 aromatic carbocycles. The van der Waals surface area contributed by atoms with E-state index in [9.17, 15) is 0 Å². The minimum Gasteiger partial charge on any atom is -0.395 e. The van der Waals surface area contributed by atoms with Crippen molar-refractivity contribution in [3.63, 3.8) is 0 Å². The molecular weight excluding hydrogens is 246 g/mol. The van der Waals surface area contributed by atoms with Crippen molar-refractivity contribution in [2.45, 2.75) is 39.2 Å². The van der Waals surface area contributed by atoms with E-state index in [-0.39, 0.29) is 19.3 Å². The van der Waals surface area contributed by atoms with Gasteiger partial charge in [0, 0.05) is 32.8 Å². The summed E-state index contributed by atoms with van der Waals surface area (Å²) in [6, 6.07) is 0. The van der Waals surface area contributed by atoms with Crippen molar-refractivity contribution >= 4 is 0 Å². The average Bonchev–Trinajstić information content (AvgIpc) is 2.39. The molecule has 0 amide bonds. The molecule has 0 aromatic heterocycles. The molecule has 0 radical (unpaired) electrons. The lowest BCUT2D eigenvalue weighted by Crippen LogP contribution is -2.40. The van der Waals surface area contributed by atoms with Gasteiger partial charge in [-0.1, -0.05) is 20.3 Å². The molecule has 0 aliphatic rings. The van der Waals surface area contributed by atoms with Gasteiger partial charge in [-0.25, -0.2) is 0 Å². The summed E-state index contributed by atoms with van der Waals surface area (Å²) in [5.74, 6) is 0. The van der Waals surface area contributed by atoms with Gasteiger partial charge in [-0.05, 0) is 12.8 Å². The third-order valence-electron chi connectivity index (χ3n) is 2.80. The number of aliphatic hydroxyl groups is 2. The molecule has 0 fully saturated rings. The minimum absolute atomic E-state index is 0.0104. The van der Waals surface area contributed by atoms with Crippen LogP contribution in [0, 0.1) is 0 Å². The second kappa shape index (κ2) is 14.2. The third kappa shape index (κ3) is 11.3. The lowest BCUT2D eigenvalue weighted by molar-refractivity contribution is -0.0362. The van der Waals surface area contributed by atoms with Gasteiger partial charge in [-0.2, -0.15) is 0 Å². The van der Waals surface area contributed by atoms with Crippen molar-refractivity contribution in [2.24, 2.45) is 0 Å². The molecule has 0 bridgehead atoms. The van der Waals surface area contributed by atoms with Crippen molar-refractivity contribution in [3.05, 3.63) is 0 Å². The molecule has 116 valence electrons. The fourth-order valence-electron chi connectivity index (χ4n) is 1.77. The van der Waals surface area contributed by atoms with Crippen molar-refractivity contribution in [2.75, 3.05) is 52.7 Å². The normalized spacial score (nSPS) is 13.1. The molecule has 0 saturated heterocycles. The van der Waals surface area contributed by atoms with E-state index in [4.69, 9.17) is 19.7 Å². The topological polar surface area (TPSA) is 62.2 Å². The number of hydrogen-bond acceptors (Lipinski definition) is 5. The summed E-state index contributed by atoms with van der Waals surface area (Å²) in [7, 11) is 0. The Bertz CT molecular complexity index is 165. The number of hydrogen-bond donors (Lipinski definition) is 2. The molecule has 19 heavy (non-hydrogen) atoms. The van der Waals surface area contributed by atoms with Gasteiger partial charge in [0.15, 0.2) is 0 Å². The van der Waals surface area contributed by atoms with E-state index in [1.165, 1.54) is 0 Å².